The van der Waals surface area contributed by atoms with Gasteiger partial charge < -0.3 is 9.64 Å². The minimum Gasteiger partial charge on any atom is -0.496 e. The number of carbonyl (C=O) groups is 2. The van der Waals surface area contributed by atoms with Crippen molar-refractivity contribution in [3.8, 4) is 17.0 Å². The molecule has 0 radical (unpaired) electrons. The van der Waals surface area contributed by atoms with Gasteiger partial charge in [-0.15, -0.1) is 11.3 Å². The van der Waals surface area contributed by atoms with Crippen LogP contribution in [0.1, 0.15) is 32.1 Å². The second-order valence-corrected chi connectivity index (χ2v) is 7.58. The van der Waals surface area contributed by atoms with Gasteiger partial charge in [0, 0.05) is 25.0 Å². The molecule has 3 aromatic rings. The van der Waals surface area contributed by atoms with Crippen molar-refractivity contribution in [3.63, 3.8) is 0 Å². The predicted molar refractivity (Wildman–Crippen MR) is 114 cm³/mol. The lowest BCUT2D eigenvalue weighted by Crippen LogP contribution is -2.23. The van der Waals surface area contributed by atoms with E-state index in [0.29, 0.717) is 22.1 Å². The summed E-state index contributed by atoms with van der Waals surface area (Å²) in [4.78, 5) is 34.9. The third kappa shape index (κ3) is 4.43. The number of thiazole rings is 1. The predicted octanol–water partition coefficient (Wildman–Crippen LogP) is 3.78. The van der Waals surface area contributed by atoms with Crippen LogP contribution >= 0.6 is 11.3 Å². The number of aryl methyl sites for hydroxylation is 2. The Hall–Kier alpha value is -3.26. The lowest BCUT2D eigenvalue weighted by atomic mass is 10.1. The van der Waals surface area contributed by atoms with E-state index in [1.54, 1.807) is 40.3 Å². The summed E-state index contributed by atoms with van der Waals surface area (Å²) >= 11 is 1.33. The summed E-state index contributed by atoms with van der Waals surface area (Å²) < 4.78 is 5.42. The molecule has 0 bridgehead atoms. The van der Waals surface area contributed by atoms with Crippen LogP contribution < -0.4 is 10.1 Å². The first kappa shape index (κ1) is 20.5. The molecule has 2 aromatic heterocycles. The van der Waals surface area contributed by atoms with Gasteiger partial charge in [0.15, 0.2) is 5.13 Å². The van der Waals surface area contributed by atoms with E-state index in [-0.39, 0.29) is 11.8 Å². The molecule has 0 saturated heterocycles. The Kier molecular flexibility index (Phi) is 5.93. The number of methoxy groups -OCH3 is 1. The molecule has 0 saturated carbocycles. The number of nitrogens with zero attached hydrogens (tertiary/aromatic N) is 3. The summed E-state index contributed by atoms with van der Waals surface area (Å²) in [6, 6.07) is 9.02. The van der Waals surface area contributed by atoms with Crippen molar-refractivity contribution >= 4 is 28.3 Å². The van der Waals surface area contributed by atoms with Crippen LogP contribution in [0.3, 0.4) is 0 Å². The minimum absolute atomic E-state index is 0.211. The highest BCUT2D eigenvalue weighted by Gasteiger charge is 2.17. The molecule has 0 atom stereocenters. The van der Waals surface area contributed by atoms with E-state index in [2.05, 4.69) is 15.3 Å². The number of aromatic nitrogens is 2. The Morgan fingerprint density at radius 1 is 1.10 bits per heavy atom. The highest BCUT2D eigenvalue weighted by atomic mass is 32.1. The quantitative estimate of drug-likeness (QED) is 0.692. The second kappa shape index (κ2) is 8.40. The number of pyridine rings is 1. The summed E-state index contributed by atoms with van der Waals surface area (Å²) in [6.45, 7) is 3.70. The molecule has 0 unspecified atom stereocenters. The standard InChI is InChI=1S/C21H22N4O3S/c1-12-6-9-18(28-5)15(10-12)17-11-29-21(23-17)24-19(26)14-7-8-16(22-13(14)2)20(27)25(3)4/h6-11H,1-5H3,(H,23,24,26). The molecule has 29 heavy (non-hydrogen) atoms. The number of anilines is 1. The van der Waals surface area contributed by atoms with E-state index in [0.717, 1.165) is 22.6 Å². The van der Waals surface area contributed by atoms with Crippen molar-refractivity contribution in [2.45, 2.75) is 13.8 Å². The SMILES string of the molecule is COc1ccc(C)cc1-c1csc(NC(=O)c2ccc(C(=O)N(C)C)nc2C)n1. The third-order valence-corrected chi connectivity index (χ3v) is 5.07. The third-order valence-electron chi connectivity index (χ3n) is 4.31. The first-order valence-corrected chi connectivity index (χ1v) is 9.79. The Bertz CT molecular complexity index is 1080. The fourth-order valence-corrected chi connectivity index (χ4v) is 3.50. The monoisotopic (exact) mass is 410 g/mol. The maximum Gasteiger partial charge on any atom is 0.271 e. The summed E-state index contributed by atoms with van der Waals surface area (Å²) in [7, 11) is 4.93. The second-order valence-electron chi connectivity index (χ2n) is 6.72. The highest BCUT2D eigenvalue weighted by Crippen LogP contribution is 2.33. The number of ether oxygens (including phenoxy) is 1. The minimum atomic E-state index is -0.323. The molecule has 0 spiro atoms. The van der Waals surface area contributed by atoms with Crippen LogP contribution in [0.15, 0.2) is 35.7 Å². The maximum atomic E-state index is 12.7. The van der Waals surface area contributed by atoms with Gasteiger partial charge >= 0.3 is 0 Å². The van der Waals surface area contributed by atoms with Crippen molar-refractivity contribution in [3.05, 3.63) is 58.2 Å². The largest absolute Gasteiger partial charge is 0.496 e. The van der Waals surface area contributed by atoms with Crippen molar-refractivity contribution < 1.29 is 14.3 Å². The van der Waals surface area contributed by atoms with Crippen LogP contribution in [0.4, 0.5) is 5.13 Å². The van der Waals surface area contributed by atoms with Gasteiger partial charge in [0.25, 0.3) is 11.8 Å². The van der Waals surface area contributed by atoms with Gasteiger partial charge in [0.2, 0.25) is 0 Å². The van der Waals surface area contributed by atoms with E-state index in [4.69, 9.17) is 4.74 Å². The van der Waals surface area contributed by atoms with Gasteiger partial charge in [-0.3, -0.25) is 14.9 Å². The molecule has 0 aliphatic heterocycles. The highest BCUT2D eigenvalue weighted by molar-refractivity contribution is 7.14. The number of benzene rings is 1. The molecular formula is C21H22N4O3S. The Labute approximate surface area is 173 Å². The molecule has 1 N–H and O–H groups in total. The van der Waals surface area contributed by atoms with Gasteiger partial charge in [-0.05, 0) is 38.1 Å². The van der Waals surface area contributed by atoms with Crippen LogP contribution in [0.5, 0.6) is 5.75 Å². The van der Waals surface area contributed by atoms with Gasteiger partial charge in [-0.25, -0.2) is 9.97 Å². The summed E-state index contributed by atoms with van der Waals surface area (Å²) in [5.74, 6) is 0.188. The Balaban J connectivity index is 1.81. The van der Waals surface area contributed by atoms with Crippen LogP contribution in [0.2, 0.25) is 0 Å². The topological polar surface area (TPSA) is 84.4 Å². The number of amides is 2. The zero-order chi connectivity index (χ0) is 21.1. The molecule has 0 aliphatic rings. The van der Waals surface area contributed by atoms with E-state index in [1.165, 1.54) is 16.2 Å². The van der Waals surface area contributed by atoms with Gasteiger partial charge in [-0.2, -0.15) is 0 Å². The first-order valence-electron chi connectivity index (χ1n) is 8.91. The van der Waals surface area contributed by atoms with Gasteiger partial charge in [-0.1, -0.05) is 11.6 Å². The fourth-order valence-electron chi connectivity index (χ4n) is 2.79. The molecule has 7 nitrogen and oxygen atoms in total. The molecule has 0 fully saturated rings. The molecule has 8 heteroatoms. The fraction of sp³-hybridized carbons (Fsp3) is 0.238. The number of hydrogen-bond donors (Lipinski definition) is 1. The first-order chi connectivity index (χ1) is 13.8. The van der Waals surface area contributed by atoms with Crippen LogP contribution in [0.25, 0.3) is 11.3 Å². The summed E-state index contributed by atoms with van der Waals surface area (Å²) in [6.07, 6.45) is 0. The van der Waals surface area contributed by atoms with Gasteiger partial charge in [0.1, 0.15) is 11.4 Å². The van der Waals surface area contributed by atoms with Crippen molar-refractivity contribution in [2.75, 3.05) is 26.5 Å². The van der Waals surface area contributed by atoms with E-state index < -0.39 is 0 Å². The Morgan fingerprint density at radius 2 is 1.86 bits per heavy atom. The van der Waals surface area contributed by atoms with Crippen LogP contribution in [0, 0.1) is 13.8 Å². The lowest BCUT2D eigenvalue weighted by Gasteiger charge is -2.11. The van der Waals surface area contributed by atoms with Crippen molar-refractivity contribution in [2.24, 2.45) is 0 Å². The molecule has 150 valence electrons. The molecule has 3 rings (SSSR count). The Morgan fingerprint density at radius 3 is 2.52 bits per heavy atom. The smallest absolute Gasteiger partial charge is 0.271 e. The number of rotatable bonds is 5. The summed E-state index contributed by atoms with van der Waals surface area (Å²) in [5.41, 5.74) is 3.86. The molecule has 2 heterocycles. The molecular weight excluding hydrogens is 388 g/mol. The van der Waals surface area contributed by atoms with Gasteiger partial charge in [0.05, 0.1) is 24.1 Å². The summed E-state index contributed by atoms with van der Waals surface area (Å²) in [5, 5.41) is 5.15. The maximum absolute atomic E-state index is 12.7. The number of hydrogen-bond acceptors (Lipinski definition) is 6. The van der Waals surface area contributed by atoms with Crippen LogP contribution in [-0.4, -0.2) is 47.9 Å². The molecule has 2 amide bonds. The normalized spacial score (nSPS) is 10.5. The van der Waals surface area contributed by atoms with E-state index in [1.807, 2.05) is 30.5 Å². The number of nitrogens with one attached hydrogen (secondary N) is 1. The van der Waals surface area contributed by atoms with E-state index >= 15 is 0 Å². The lowest BCUT2D eigenvalue weighted by molar-refractivity contribution is 0.0821. The zero-order valence-electron chi connectivity index (χ0n) is 16.9. The van der Waals surface area contributed by atoms with Crippen LogP contribution in [-0.2, 0) is 0 Å². The van der Waals surface area contributed by atoms with Crippen molar-refractivity contribution in [1.82, 2.24) is 14.9 Å². The average molecular weight is 410 g/mol. The zero-order valence-corrected chi connectivity index (χ0v) is 17.8. The molecule has 1 aromatic carbocycles. The van der Waals surface area contributed by atoms with E-state index in [9.17, 15) is 9.59 Å². The average Bonchev–Trinajstić information content (AvgIpc) is 3.15. The molecule has 0 aliphatic carbocycles. The van der Waals surface area contributed by atoms with Crippen molar-refractivity contribution in [1.29, 1.82) is 0 Å². The number of carbonyl (C=O) groups excluding carboxylic acids is 2.